The molecule has 1 unspecified atom stereocenters. The minimum atomic E-state index is -1.17. The normalized spacial score (nSPS) is 13.8. The van der Waals surface area contributed by atoms with Crippen LogP contribution >= 0.6 is 0 Å². The fraction of sp³-hybridized carbons (Fsp3) is 0.200. The molecule has 1 aromatic heterocycles. The van der Waals surface area contributed by atoms with Crippen LogP contribution in [0.25, 0.3) is 16.7 Å². The number of rotatable bonds is 5. The van der Waals surface area contributed by atoms with Crippen molar-refractivity contribution in [2.45, 2.75) is 25.7 Å². The van der Waals surface area contributed by atoms with E-state index < -0.39 is 10.8 Å². The van der Waals surface area contributed by atoms with Gasteiger partial charge in [0.2, 0.25) is 0 Å². The van der Waals surface area contributed by atoms with Gasteiger partial charge in [-0.25, -0.2) is 4.68 Å². The van der Waals surface area contributed by atoms with Crippen molar-refractivity contribution in [1.82, 2.24) is 15.0 Å². The maximum absolute atomic E-state index is 13.3. The molecule has 152 valence electrons. The molecule has 0 aliphatic rings. The molecule has 0 N–H and O–H groups in total. The molecule has 0 saturated carbocycles. The van der Waals surface area contributed by atoms with Crippen LogP contribution in [0, 0.1) is 5.41 Å². The van der Waals surface area contributed by atoms with Crippen LogP contribution in [0.1, 0.15) is 26.3 Å². The summed E-state index contributed by atoms with van der Waals surface area (Å²) in [7, 11) is -1.17. The maximum atomic E-state index is 13.3. The highest BCUT2D eigenvalue weighted by Crippen LogP contribution is 2.35. The van der Waals surface area contributed by atoms with Crippen molar-refractivity contribution >= 4 is 27.5 Å². The molecule has 4 rings (SSSR count). The van der Waals surface area contributed by atoms with Crippen molar-refractivity contribution in [3.8, 4) is 0 Å². The summed E-state index contributed by atoms with van der Waals surface area (Å²) in [6, 6.07) is 27.7. The second-order valence-corrected chi connectivity index (χ2v) is 9.69. The van der Waals surface area contributed by atoms with Crippen molar-refractivity contribution in [3.05, 3.63) is 96.1 Å². The van der Waals surface area contributed by atoms with E-state index in [1.807, 2.05) is 77.5 Å². The Kier molecular flexibility index (Phi) is 5.64. The summed E-state index contributed by atoms with van der Waals surface area (Å²) in [6.45, 7) is 6.48. The molecule has 3 aromatic carbocycles. The fourth-order valence-corrected chi connectivity index (χ4v) is 4.94. The van der Waals surface area contributed by atoms with Gasteiger partial charge in [-0.15, -0.1) is 5.10 Å². The smallest absolute Gasteiger partial charge is 0.113 e. The van der Waals surface area contributed by atoms with Gasteiger partial charge in [0.05, 0.1) is 27.8 Å². The van der Waals surface area contributed by atoms with Gasteiger partial charge < -0.3 is 0 Å². The van der Waals surface area contributed by atoms with E-state index in [0.29, 0.717) is 5.75 Å². The van der Waals surface area contributed by atoms with Crippen molar-refractivity contribution in [1.29, 1.82) is 0 Å². The van der Waals surface area contributed by atoms with E-state index in [0.717, 1.165) is 32.8 Å². The number of fused-ring (bicyclic) bond motifs is 1. The van der Waals surface area contributed by atoms with Crippen LogP contribution in [0.15, 0.2) is 95.4 Å². The van der Waals surface area contributed by atoms with Crippen LogP contribution in [0.5, 0.6) is 0 Å². The van der Waals surface area contributed by atoms with Gasteiger partial charge in [0.25, 0.3) is 0 Å². The molecule has 0 aliphatic carbocycles. The predicted octanol–water partition coefficient (Wildman–Crippen LogP) is 5.54. The van der Waals surface area contributed by atoms with Crippen molar-refractivity contribution in [2.24, 2.45) is 5.41 Å². The van der Waals surface area contributed by atoms with Crippen LogP contribution in [-0.4, -0.2) is 25.0 Å². The summed E-state index contributed by atoms with van der Waals surface area (Å²) in [4.78, 5) is 0.829. The fourth-order valence-electron chi connectivity index (χ4n) is 3.48. The summed E-state index contributed by atoms with van der Waals surface area (Å²) in [5.74, 6) is 0.423. The molecule has 0 aliphatic heterocycles. The third-order valence-corrected chi connectivity index (χ3v) is 6.43. The minimum Gasteiger partial charge on any atom is -0.254 e. The summed E-state index contributed by atoms with van der Waals surface area (Å²) >= 11 is 0. The topological polar surface area (TPSA) is 47.8 Å². The van der Waals surface area contributed by atoms with Gasteiger partial charge in [0.15, 0.2) is 0 Å². The Balaban J connectivity index is 1.96. The lowest BCUT2D eigenvalue weighted by atomic mass is 9.84. The molecule has 30 heavy (non-hydrogen) atoms. The Labute approximate surface area is 179 Å². The molecule has 0 amide bonds. The standard InChI is InChI=1S/C25H25N3OS/c1-25(2,3)21(18-30(29)20-14-8-5-9-15-20)24(19-12-6-4-7-13-19)28-23-17-11-10-16-22(23)26-27-28/h4-17H,18H2,1-3H3/b24-21-. The number of benzene rings is 3. The number of nitrogens with zero attached hydrogens (tertiary/aromatic N) is 3. The first-order valence-electron chi connectivity index (χ1n) is 9.98. The molecule has 0 radical (unpaired) electrons. The van der Waals surface area contributed by atoms with Gasteiger partial charge in [-0.2, -0.15) is 0 Å². The Morgan fingerprint density at radius 2 is 1.47 bits per heavy atom. The highest BCUT2D eigenvalue weighted by atomic mass is 32.2. The molecular weight excluding hydrogens is 390 g/mol. The first kappa shape index (κ1) is 20.2. The lowest BCUT2D eigenvalue weighted by Crippen LogP contribution is -2.21. The van der Waals surface area contributed by atoms with E-state index in [2.05, 4.69) is 43.2 Å². The van der Waals surface area contributed by atoms with Gasteiger partial charge >= 0.3 is 0 Å². The van der Waals surface area contributed by atoms with Crippen LogP contribution in [0.2, 0.25) is 0 Å². The van der Waals surface area contributed by atoms with Gasteiger partial charge in [-0.05, 0) is 35.3 Å². The van der Waals surface area contributed by atoms with Gasteiger partial charge in [-0.1, -0.05) is 86.6 Å². The monoisotopic (exact) mass is 415 g/mol. The molecule has 1 heterocycles. The second kappa shape index (κ2) is 8.36. The zero-order valence-electron chi connectivity index (χ0n) is 17.4. The van der Waals surface area contributed by atoms with E-state index >= 15 is 0 Å². The Morgan fingerprint density at radius 1 is 0.867 bits per heavy atom. The average molecular weight is 416 g/mol. The van der Waals surface area contributed by atoms with Gasteiger partial charge in [-0.3, -0.25) is 4.21 Å². The first-order chi connectivity index (χ1) is 14.4. The quantitative estimate of drug-likeness (QED) is 0.430. The number of hydrogen-bond acceptors (Lipinski definition) is 3. The van der Waals surface area contributed by atoms with E-state index in [-0.39, 0.29) is 5.41 Å². The van der Waals surface area contributed by atoms with Crippen LogP contribution in [0.3, 0.4) is 0 Å². The number of aromatic nitrogens is 3. The number of para-hydroxylation sites is 1. The second-order valence-electron chi connectivity index (χ2n) is 8.24. The predicted molar refractivity (Wildman–Crippen MR) is 123 cm³/mol. The maximum Gasteiger partial charge on any atom is 0.113 e. The summed E-state index contributed by atoms with van der Waals surface area (Å²) < 4.78 is 15.2. The highest BCUT2D eigenvalue weighted by Gasteiger charge is 2.27. The summed E-state index contributed by atoms with van der Waals surface area (Å²) in [6.07, 6.45) is 0. The minimum absolute atomic E-state index is 0.220. The SMILES string of the molecule is CC(C)(C)/C(CS(=O)c1ccccc1)=C(/c1ccccc1)n1nnc2ccccc21. The van der Waals surface area contributed by atoms with Crippen LogP contribution in [0.4, 0.5) is 0 Å². The molecule has 4 aromatic rings. The van der Waals surface area contributed by atoms with Gasteiger partial charge in [0, 0.05) is 10.5 Å². The van der Waals surface area contributed by atoms with Crippen molar-refractivity contribution in [2.75, 3.05) is 5.75 Å². The van der Waals surface area contributed by atoms with Crippen molar-refractivity contribution in [3.63, 3.8) is 0 Å². The zero-order chi connectivity index (χ0) is 21.1. The van der Waals surface area contributed by atoms with E-state index in [4.69, 9.17) is 0 Å². The van der Waals surface area contributed by atoms with Crippen LogP contribution in [-0.2, 0) is 10.8 Å². The number of hydrogen-bond donors (Lipinski definition) is 0. The van der Waals surface area contributed by atoms with E-state index in [1.54, 1.807) is 0 Å². The Hall–Kier alpha value is -3.05. The molecule has 5 heteroatoms. The molecule has 4 nitrogen and oxygen atoms in total. The summed E-state index contributed by atoms with van der Waals surface area (Å²) in [5.41, 5.74) is 4.60. The van der Waals surface area contributed by atoms with Crippen LogP contribution < -0.4 is 0 Å². The lowest BCUT2D eigenvalue weighted by Gasteiger charge is -2.27. The average Bonchev–Trinajstić information content (AvgIpc) is 3.18. The molecule has 1 atom stereocenters. The first-order valence-corrected chi connectivity index (χ1v) is 11.3. The van der Waals surface area contributed by atoms with Crippen molar-refractivity contribution < 1.29 is 4.21 Å². The zero-order valence-corrected chi connectivity index (χ0v) is 18.3. The van der Waals surface area contributed by atoms with Gasteiger partial charge in [0.1, 0.15) is 5.52 Å². The Bertz CT molecular complexity index is 1210. The van der Waals surface area contributed by atoms with E-state index in [9.17, 15) is 4.21 Å². The molecule has 0 fully saturated rings. The molecule has 0 bridgehead atoms. The molecular formula is C25H25N3OS. The third kappa shape index (κ3) is 4.12. The third-order valence-electron chi connectivity index (χ3n) is 5.08. The highest BCUT2D eigenvalue weighted by molar-refractivity contribution is 7.85. The Morgan fingerprint density at radius 3 is 2.13 bits per heavy atom. The summed E-state index contributed by atoms with van der Waals surface area (Å²) in [5, 5.41) is 8.87. The van der Waals surface area contributed by atoms with E-state index in [1.165, 1.54) is 0 Å². The molecule has 0 saturated heterocycles. The molecule has 0 spiro atoms. The lowest BCUT2D eigenvalue weighted by molar-refractivity contribution is 0.503. The largest absolute Gasteiger partial charge is 0.254 e.